The van der Waals surface area contributed by atoms with Crippen molar-refractivity contribution in [2.24, 2.45) is 5.14 Å². The molecule has 1 fully saturated rings. The molecular weight excluding hydrogens is 418 g/mol. The van der Waals surface area contributed by atoms with Gasteiger partial charge in [0.15, 0.2) is 6.10 Å². The van der Waals surface area contributed by atoms with Crippen molar-refractivity contribution < 1.29 is 9.53 Å². The fourth-order valence-corrected chi connectivity index (χ4v) is 4.49. The number of benzene rings is 2. The third-order valence-electron chi connectivity index (χ3n) is 5.99. The molecule has 2 aromatic carbocycles. The second kappa shape index (κ2) is 10.8. The van der Waals surface area contributed by atoms with Gasteiger partial charge in [-0.3, -0.25) is 14.9 Å². The zero-order chi connectivity index (χ0) is 23.3. The van der Waals surface area contributed by atoms with Crippen LogP contribution in [0.15, 0.2) is 42.5 Å². The number of rotatable bonds is 4. The minimum absolute atomic E-state index is 0.0724. The number of nitrogens with two attached hydrogens (primary N) is 1. The van der Waals surface area contributed by atoms with Crippen molar-refractivity contribution in [3.8, 4) is 16.9 Å². The molecule has 1 atom stereocenters. The van der Waals surface area contributed by atoms with E-state index in [0.717, 1.165) is 42.5 Å². The summed E-state index contributed by atoms with van der Waals surface area (Å²) in [6.07, 6.45) is 2.87. The quantitative estimate of drug-likeness (QED) is 0.522. The summed E-state index contributed by atoms with van der Waals surface area (Å²) in [5.74, 6) is 0.758. The number of likely N-dealkylation sites (tertiary alicyclic amines) is 1. The molecule has 0 aliphatic carbocycles. The van der Waals surface area contributed by atoms with Gasteiger partial charge in [-0.15, -0.1) is 12.8 Å². The molecule has 4 rings (SSSR count). The van der Waals surface area contributed by atoms with Crippen LogP contribution in [0.5, 0.6) is 5.75 Å². The van der Waals surface area contributed by atoms with E-state index in [1.54, 1.807) is 0 Å². The summed E-state index contributed by atoms with van der Waals surface area (Å²) in [4.78, 5) is 19.4. The Morgan fingerprint density at radius 3 is 2.34 bits per heavy atom. The van der Waals surface area contributed by atoms with E-state index in [4.69, 9.17) is 9.72 Å². The third-order valence-corrected chi connectivity index (χ3v) is 5.99. The number of piperidine rings is 1. The lowest BCUT2D eigenvalue weighted by Gasteiger charge is -2.29. The second-order valence-electron chi connectivity index (χ2n) is 8.40. The number of pyridine rings is 1. The first kappa shape index (κ1) is 24.1. The Morgan fingerprint density at radius 1 is 1.03 bits per heavy atom. The van der Waals surface area contributed by atoms with Crippen LogP contribution in [-0.2, 0) is 4.79 Å². The van der Waals surface area contributed by atoms with Gasteiger partial charge in [0.25, 0.3) is 5.91 Å². The summed E-state index contributed by atoms with van der Waals surface area (Å²) in [7, 11) is 0. The SMILES string of the molecule is Cc1cc(-c2c(C)cccc2C)c2ccc(OC(C)C(=O)N3CCCCC3)cc2n1.NS. The fraction of sp³-hybridized carbons (Fsp3) is 0.385. The Hall–Kier alpha value is -2.57. The number of ether oxygens (including phenoxy) is 1. The molecule has 1 aromatic heterocycles. The predicted octanol–water partition coefficient (Wildman–Crippen LogP) is 5.40. The predicted molar refractivity (Wildman–Crippen MR) is 135 cm³/mol. The van der Waals surface area contributed by atoms with Gasteiger partial charge in [-0.05, 0) is 87.4 Å². The number of hydrogen-bond donors (Lipinski definition) is 2. The van der Waals surface area contributed by atoms with Crippen molar-refractivity contribution in [2.75, 3.05) is 13.1 Å². The standard InChI is InChI=1S/C26H30N2O2.H3NS/c1-17-9-8-10-18(2)25(17)23-15-19(3)27-24-16-21(11-12-22(23)24)30-20(4)26(29)28-13-6-5-7-14-28;1-2/h8-12,15-16,20H,5-7,13-14H2,1-4H3;2H,1H2. The molecule has 6 heteroatoms. The van der Waals surface area contributed by atoms with E-state index in [2.05, 4.69) is 62.1 Å². The van der Waals surface area contributed by atoms with Gasteiger partial charge >= 0.3 is 0 Å². The van der Waals surface area contributed by atoms with Crippen LogP contribution in [0.1, 0.15) is 43.0 Å². The van der Waals surface area contributed by atoms with Crippen LogP contribution in [-0.4, -0.2) is 35.0 Å². The summed E-state index contributed by atoms with van der Waals surface area (Å²) < 4.78 is 6.04. The Kier molecular flexibility index (Phi) is 8.15. The maximum atomic E-state index is 12.7. The third kappa shape index (κ3) is 5.25. The summed E-state index contributed by atoms with van der Waals surface area (Å²) in [6.45, 7) is 9.83. The average molecular weight is 452 g/mol. The van der Waals surface area contributed by atoms with Crippen LogP contribution in [0.25, 0.3) is 22.0 Å². The topological polar surface area (TPSA) is 68.5 Å². The summed E-state index contributed by atoms with van der Waals surface area (Å²) >= 11 is 3.03. The van der Waals surface area contributed by atoms with E-state index in [1.807, 2.05) is 30.9 Å². The molecule has 2 heterocycles. The highest BCUT2D eigenvalue weighted by Crippen LogP contribution is 2.34. The number of fused-ring (bicyclic) bond motifs is 1. The van der Waals surface area contributed by atoms with E-state index in [-0.39, 0.29) is 5.91 Å². The molecule has 0 saturated carbocycles. The second-order valence-corrected chi connectivity index (χ2v) is 8.40. The van der Waals surface area contributed by atoms with Crippen LogP contribution in [0.4, 0.5) is 0 Å². The van der Waals surface area contributed by atoms with Gasteiger partial charge in [-0.2, -0.15) is 0 Å². The van der Waals surface area contributed by atoms with E-state index < -0.39 is 6.10 Å². The number of hydrogen-bond acceptors (Lipinski definition) is 5. The number of nitrogens with zero attached hydrogens (tertiary/aromatic N) is 2. The lowest BCUT2D eigenvalue weighted by atomic mass is 9.93. The maximum absolute atomic E-state index is 12.7. The maximum Gasteiger partial charge on any atom is 0.263 e. The molecule has 3 aromatic rings. The monoisotopic (exact) mass is 451 g/mol. The van der Waals surface area contributed by atoms with E-state index in [0.29, 0.717) is 5.75 Å². The molecule has 1 aliphatic rings. The van der Waals surface area contributed by atoms with Crippen molar-refractivity contribution in [2.45, 2.75) is 53.1 Å². The van der Waals surface area contributed by atoms with Crippen molar-refractivity contribution in [3.05, 3.63) is 59.3 Å². The summed E-state index contributed by atoms with van der Waals surface area (Å²) in [6, 6.07) is 14.5. The zero-order valence-electron chi connectivity index (χ0n) is 19.4. The number of aromatic nitrogens is 1. The lowest BCUT2D eigenvalue weighted by molar-refractivity contribution is -0.138. The van der Waals surface area contributed by atoms with Crippen molar-refractivity contribution in [3.63, 3.8) is 0 Å². The molecular formula is C26H33N3O2S. The molecule has 32 heavy (non-hydrogen) atoms. The van der Waals surface area contributed by atoms with Crippen molar-refractivity contribution >= 4 is 29.6 Å². The van der Waals surface area contributed by atoms with E-state index in [1.165, 1.54) is 28.7 Å². The molecule has 0 spiro atoms. The Balaban J connectivity index is 0.00000141. The normalized spacial score (nSPS) is 14.5. The molecule has 1 amide bonds. The minimum atomic E-state index is -0.497. The van der Waals surface area contributed by atoms with Gasteiger partial charge in [-0.1, -0.05) is 18.2 Å². The zero-order valence-corrected chi connectivity index (χ0v) is 20.3. The molecule has 1 unspecified atom stereocenters. The van der Waals surface area contributed by atoms with Crippen LogP contribution in [0, 0.1) is 20.8 Å². The minimum Gasteiger partial charge on any atom is -0.481 e. The highest BCUT2D eigenvalue weighted by atomic mass is 32.1. The van der Waals surface area contributed by atoms with Crippen LogP contribution in [0.3, 0.4) is 0 Å². The summed E-state index contributed by atoms with van der Waals surface area (Å²) in [5, 5.41) is 5.29. The highest BCUT2D eigenvalue weighted by molar-refractivity contribution is 7.77. The number of amides is 1. The first-order valence-electron chi connectivity index (χ1n) is 11.1. The number of carbonyl (C=O) groups is 1. The fourth-order valence-electron chi connectivity index (χ4n) is 4.49. The molecule has 5 nitrogen and oxygen atoms in total. The Bertz CT molecular complexity index is 1070. The van der Waals surface area contributed by atoms with Crippen LogP contribution < -0.4 is 9.88 Å². The number of thiol groups is 1. The van der Waals surface area contributed by atoms with E-state index in [9.17, 15) is 4.79 Å². The van der Waals surface area contributed by atoms with Crippen LogP contribution in [0.2, 0.25) is 0 Å². The number of carbonyl (C=O) groups excluding carboxylic acids is 1. The molecule has 2 N–H and O–H groups in total. The van der Waals surface area contributed by atoms with Gasteiger partial charge in [0.05, 0.1) is 5.52 Å². The van der Waals surface area contributed by atoms with Crippen molar-refractivity contribution in [1.29, 1.82) is 0 Å². The van der Waals surface area contributed by atoms with Gasteiger partial charge in [0.1, 0.15) is 5.75 Å². The highest BCUT2D eigenvalue weighted by Gasteiger charge is 2.23. The molecule has 0 radical (unpaired) electrons. The van der Waals surface area contributed by atoms with E-state index >= 15 is 0 Å². The largest absolute Gasteiger partial charge is 0.481 e. The Labute approximate surface area is 196 Å². The first-order valence-corrected chi connectivity index (χ1v) is 11.6. The van der Waals surface area contributed by atoms with Gasteiger partial charge in [-0.25, -0.2) is 0 Å². The molecule has 170 valence electrons. The van der Waals surface area contributed by atoms with Crippen LogP contribution >= 0.6 is 12.8 Å². The van der Waals surface area contributed by atoms with Crippen molar-refractivity contribution in [1.82, 2.24) is 9.88 Å². The summed E-state index contributed by atoms with van der Waals surface area (Å²) in [5.41, 5.74) is 6.82. The smallest absolute Gasteiger partial charge is 0.263 e. The first-order chi connectivity index (χ1) is 15.4. The Morgan fingerprint density at radius 2 is 1.69 bits per heavy atom. The van der Waals surface area contributed by atoms with Gasteiger partial charge in [0, 0.05) is 30.2 Å². The van der Waals surface area contributed by atoms with Gasteiger partial charge in [0.2, 0.25) is 0 Å². The molecule has 0 bridgehead atoms. The molecule has 1 aliphatic heterocycles. The van der Waals surface area contributed by atoms with Gasteiger partial charge < -0.3 is 9.64 Å². The number of aryl methyl sites for hydroxylation is 3. The molecule has 1 saturated heterocycles. The lowest BCUT2D eigenvalue weighted by Crippen LogP contribution is -2.43. The average Bonchev–Trinajstić information content (AvgIpc) is 2.80.